The first-order valence-electron chi connectivity index (χ1n) is 8.52. The lowest BCUT2D eigenvalue weighted by Gasteiger charge is -2.12. The predicted molar refractivity (Wildman–Crippen MR) is 111 cm³/mol. The van der Waals surface area contributed by atoms with Crippen LogP contribution in [0.5, 0.6) is 0 Å². The maximum atomic E-state index is 9.06. The molecule has 0 radical (unpaired) electrons. The number of hydrogen-bond acceptors (Lipinski definition) is 6. The second-order valence-corrected chi connectivity index (χ2v) is 6.72. The van der Waals surface area contributed by atoms with Gasteiger partial charge in [0.05, 0.1) is 23.9 Å². The van der Waals surface area contributed by atoms with Crippen molar-refractivity contribution >= 4 is 40.7 Å². The molecule has 2 aromatic carbocycles. The number of anilines is 3. The molecule has 0 spiro atoms. The number of aromatic nitrogens is 2. The summed E-state index contributed by atoms with van der Waals surface area (Å²) in [4.78, 5) is 8.90. The second-order valence-electron chi connectivity index (χ2n) is 5.91. The molecular weight excluding hydrogens is 397 g/mol. The molecule has 0 unspecified atom stereocenters. The number of nitrogens with one attached hydrogen (secondary N) is 2. The van der Waals surface area contributed by atoms with Crippen LogP contribution in [-0.2, 0) is 6.42 Å². The molecule has 3 rings (SSSR count). The number of nitriles is 1. The van der Waals surface area contributed by atoms with Crippen molar-refractivity contribution in [3.05, 3.63) is 75.4 Å². The van der Waals surface area contributed by atoms with Gasteiger partial charge in [0, 0.05) is 34.8 Å². The SMILES string of the molecule is N#Cc1ccc(Nc2cc(Cc3c(Cl)cccc3Cl)nc(NCCO)n2)cc1. The van der Waals surface area contributed by atoms with Crippen LogP contribution in [0.4, 0.5) is 17.5 Å². The molecule has 28 heavy (non-hydrogen) atoms. The minimum Gasteiger partial charge on any atom is -0.395 e. The van der Waals surface area contributed by atoms with Gasteiger partial charge >= 0.3 is 0 Å². The van der Waals surface area contributed by atoms with Gasteiger partial charge in [-0.3, -0.25) is 0 Å². The van der Waals surface area contributed by atoms with Crippen molar-refractivity contribution in [2.45, 2.75) is 6.42 Å². The summed E-state index contributed by atoms with van der Waals surface area (Å²) in [6.45, 7) is 0.287. The van der Waals surface area contributed by atoms with Crippen molar-refractivity contribution in [2.75, 3.05) is 23.8 Å². The van der Waals surface area contributed by atoms with Crippen LogP contribution >= 0.6 is 23.2 Å². The van der Waals surface area contributed by atoms with Crippen molar-refractivity contribution in [3.63, 3.8) is 0 Å². The first-order chi connectivity index (χ1) is 13.6. The van der Waals surface area contributed by atoms with Gasteiger partial charge in [-0.05, 0) is 42.0 Å². The Bertz CT molecular complexity index is 982. The lowest BCUT2D eigenvalue weighted by molar-refractivity contribution is 0.311. The van der Waals surface area contributed by atoms with Crippen LogP contribution in [0, 0.1) is 11.3 Å². The molecule has 0 saturated carbocycles. The van der Waals surface area contributed by atoms with Crippen LogP contribution in [0.2, 0.25) is 10.0 Å². The fourth-order valence-corrected chi connectivity index (χ4v) is 3.09. The van der Waals surface area contributed by atoms with E-state index in [0.29, 0.717) is 46.0 Å². The van der Waals surface area contributed by atoms with Crippen molar-refractivity contribution in [1.82, 2.24) is 9.97 Å². The number of hydrogen-bond donors (Lipinski definition) is 3. The molecule has 0 aliphatic heterocycles. The summed E-state index contributed by atoms with van der Waals surface area (Å²) >= 11 is 12.6. The fourth-order valence-electron chi connectivity index (χ4n) is 2.56. The molecule has 0 atom stereocenters. The average Bonchev–Trinajstić information content (AvgIpc) is 2.70. The largest absolute Gasteiger partial charge is 0.395 e. The zero-order chi connectivity index (χ0) is 19.9. The molecule has 1 aromatic heterocycles. The Morgan fingerprint density at radius 1 is 1.04 bits per heavy atom. The zero-order valence-corrected chi connectivity index (χ0v) is 16.3. The first kappa shape index (κ1) is 19.9. The van der Waals surface area contributed by atoms with E-state index in [4.69, 9.17) is 33.6 Å². The highest BCUT2D eigenvalue weighted by molar-refractivity contribution is 6.36. The van der Waals surface area contributed by atoms with Crippen LogP contribution in [-0.4, -0.2) is 28.2 Å². The molecule has 0 amide bonds. The minimum atomic E-state index is -0.0394. The topological polar surface area (TPSA) is 93.9 Å². The number of aliphatic hydroxyl groups is 1. The predicted octanol–water partition coefficient (Wildman–Crippen LogP) is 4.39. The molecule has 0 aliphatic rings. The third-order valence-corrected chi connectivity index (χ3v) is 4.59. The van der Waals surface area contributed by atoms with Gasteiger partial charge in [-0.1, -0.05) is 29.3 Å². The summed E-state index contributed by atoms with van der Waals surface area (Å²) in [6.07, 6.45) is 0.427. The van der Waals surface area contributed by atoms with Crippen molar-refractivity contribution in [2.24, 2.45) is 0 Å². The second kappa shape index (κ2) is 9.38. The van der Waals surface area contributed by atoms with E-state index in [1.165, 1.54) is 0 Å². The smallest absolute Gasteiger partial charge is 0.224 e. The third-order valence-electron chi connectivity index (χ3n) is 3.88. The number of halogens is 2. The Morgan fingerprint density at radius 2 is 1.75 bits per heavy atom. The van der Waals surface area contributed by atoms with Crippen LogP contribution in [0.15, 0.2) is 48.5 Å². The van der Waals surface area contributed by atoms with Crippen LogP contribution < -0.4 is 10.6 Å². The molecule has 3 aromatic rings. The highest BCUT2D eigenvalue weighted by atomic mass is 35.5. The lowest BCUT2D eigenvalue weighted by Crippen LogP contribution is -2.11. The van der Waals surface area contributed by atoms with Gasteiger partial charge in [-0.2, -0.15) is 10.2 Å². The number of rotatable bonds is 7. The van der Waals surface area contributed by atoms with E-state index < -0.39 is 0 Å². The van der Waals surface area contributed by atoms with Gasteiger partial charge in [0.15, 0.2) is 0 Å². The Morgan fingerprint density at radius 3 is 2.39 bits per heavy atom. The third kappa shape index (κ3) is 5.11. The summed E-state index contributed by atoms with van der Waals surface area (Å²) in [7, 11) is 0. The van der Waals surface area contributed by atoms with Gasteiger partial charge in [-0.25, -0.2) is 4.98 Å². The van der Waals surface area contributed by atoms with E-state index in [1.807, 2.05) is 6.07 Å². The van der Waals surface area contributed by atoms with E-state index in [-0.39, 0.29) is 6.61 Å². The number of aliphatic hydroxyl groups excluding tert-OH is 1. The van der Waals surface area contributed by atoms with Crippen molar-refractivity contribution < 1.29 is 5.11 Å². The average molecular weight is 414 g/mol. The van der Waals surface area contributed by atoms with E-state index >= 15 is 0 Å². The molecular formula is C20H17Cl2N5O. The molecule has 0 bridgehead atoms. The molecule has 3 N–H and O–H groups in total. The summed E-state index contributed by atoms with van der Waals surface area (Å²) in [5.41, 5.74) is 2.85. The standard InChI is InChI=1S/C20H17Cl2N5O/c21-17-2-1-3-18(22)16(17)10-15-11-19(27-20(26-15)24-8-9-28)25-14-6-4-13(12-23)5-7-14/h1-7,11,28H,8-10H2,(H2,24,25,26,27). The van der Waals surface area contributed by atoms with Gasteiger partial charge in [0.2, 0.25) is 5.95 Å². The maximum Gasteiger partial charge on any atom is 0.224 e. The van der Waals surface area contributed by atoms with E-state index in [1.54, 1.807) is 42.5 Å². The fraction of sp³-hybridized carbons (Fsp3) is 0.150. The highest BCUT2D eigenvalue weighted by Crippen LogP contribution is 2.27. The van der Waals surface area contributed by atoms with Crippen LogP contribution in [0.3, 0.4) is 0 Å². The monoisotopic (exact) mass is 413 g/mol. The lowest BCUT2D eigenvalue weighted by atomic mass is 10.1. The van der Waals surface area contributed by atoms with E-state index in [2.05, 4.69) is 26.7 Å². The van der Waals surface area contributed by atoms with Crippen molar-refractivity contribution in [3.8, 4) is 6.07 Å². The number of benzene rings is 2. The van der Waals surface area contributed by atoms with E-state index in [0.717, 1.165) is 11.3 Å². The highest BCUT2D eigenvalue weighted by Gasteiger charge is 2.11. The Kier molecular flexibility index (Phi) is 6.66. The Balaban J connectivity index is 1.90. The zero-order valence-electron chi connectivity index (χ0n) is 14.8. The summed E-state index contributed by atoms with van der Waals surface area (Å²) in [5.74, 6) is 0.948. The van der Waals surface area contributed by atoms with Gasteiger partial charge in [-0.15, -0.1) is 0 Å². The number of nitrogens with zero attached hydrogens (tertiary/aromatic N) is 3. The molecule has 6 nitrogen and oxygen atoms in total. The van der Waals surface area contributed by atoms with Crippen LogP contribution in [0.1, 0.15) is 16.8 Å². The normalized spacial score (nSPS) is 10.4. The summed E-state index contributed by atoms with van der Waals surface area (Å²) < 4.78 is 0. The Hall–Kier alpha value is -2.85. The molecule has 142 valence electrons. The van der Waals surface area contributed by atoms with Gasteiger partial charge < -0.3 is 15.7 Å². The molecule has 8 heteroatoms. The van der Waals surface area contributed by atoms with Gasteiger partial charge in [0.25, 0.3) is 0 Å². The summed E-state index contributed by atoms with van der Waals surface area (Å²) in [5, 5.41) is 25.3. The first-order valence-corrected chi connectivity index (χ1v) is 9.27. The minimum absolute atomic E-state index is 0.0394. The molecule has 0 fully saturated rings. The molecule has 1 heterocycles. The summed E-state index contributed by atoms with van der Waals surface area (Å²) in [6, 6.07) is 16.3. The van der Waals surface area contributed by atoms with Crippen LogP contribution in [0.25, 0.3) is 0 Å². The maximum absolute atomic E-state index is 9.06. The Labute approximate surface area is 172 Å². The molecule has 0 aliphatic carbocycles. The van der Waals surface area contributed by atoms with Gasteiger partial charge in [0.1, 0.15) is 5.82 Å². The quantitative estimate of drug-likeness (QED) is 0.531. The van der Waals surface area contributed by atoms with Crippen molar-refractivity contribution in [1.29, 1.82) is 5.26 Å². The molecule has 0 saturated heterocycles. The van der Waals surface area contributed by atoms with E-state index in [9.17, 15) is 0 Å².